The summed E-state index contributed by atoms with van der Waals surface area (Å²) in [5.74, 6) is 1.32. The summed E-state index contributed by atoms with van der Waals surface area (Å²) in [5, 5.41) is 6.39. The maximum Gasteiger partial charge on any atom is 0.253 e. The Balaban J connectivity index is 0.000000810. The number of rotatable bonds is 2. The van der Waals surface area contributed by atoms with Crippen LogP contribution in [0.15, 0.2) is 18.5 Å². The maximum atomic E-state index is 11.9. The van der Waals surface area contributed by atoms with Crippen LogP contribution in [-0.4, -0.2) is 30.0 Å². The third-order valence-corrected chi connectivity index (χ3v) is 3.53. The predicted octanol–water partition coefficient (Wildman–Crippen LogP) is 1.18. The highest BCUT2D eigenvalue weighted by atomic mass is 35.5. The van der Waals surface area contributed by atoms with Gasteiger partial charge in [0.15, 0.2) is 0 Å². The molecule has 1 aliphatic heterocycles. The monoisotopic (exact) mass is 289 g/mol. The molecule has 2 aliphatic rings. The summed E-state index contributed by atoms with van der Waals surface area (Å²) in [5.41, 5.74) is 1.68. The van der Waals surface area contributed by atoms with E-state index in [0.717, 1.165) is 18.7 Å². The summed E-state index contributed by atoms with van der Waals surface area (Å²) in [6.45, 7) is 4.03. The average Bonchev–Trinajstić information content (AvgIpc) is 2.74. The van der Waals surface area contributed by atoms with Crippen LogP contribution in [0.1, 0.15) is 15.9 Å². The van der Waals surface area contributed by atoms with E-state index in [-0.39, 0.29) is 30.7 Å². The second kappa shape index (κ2) is 5.87. The minimum Gasteiger partial charge on any atom is -0.349 e. The molecule has 2 atom stereocenters. The molecular weight excluding hydrogens is 273 g/mol. The Hall–Kier alpha value is -0.840. The van der Waals surface area contributed by atoms with Crippen molar-refractivity contribution in [3.05, 3.63) is 29.6 Å². The van der Waals surface area contributed by atoms with E-state index in [0.29, 0.717) is 23.4 Å². The number of aromatic nitrogens is 1. The van der Waals surface area contributed by atoms with Gasteiger partial charge in [0, 0.05) is 31.5 Å². The first kappa shape index (κ1) is 15.2. The fourth-order valence-corrected chi connectivity index (χ4v) is 2.55. The van der Waals surface area contributed by atoms with Crippen LogP contribution in [0.3, 0.4) is 0 Å². The molecule has 0 bridgehead atoms. The smallest absolute Gasteiger partial charge is 0.253 e. The molecule has 2 N–H and O–H groups in total. The molecule has 1 saturated carbocycles. The molecule has 1 aromatic rings. The largest absolute Gasteiger partial charge is 0.349 e. The lowest BCUT2D eigenvalue weighted by Crippen LogP contribution is -2.32. The number of carbonyl (C=O) groups is 1. The number of pyridine rings is 1. The molecular formula is C12H17Cl2N3O. The van der Waals surface area contributed by atoms with Gasteiger partial charge in [0.25, 0.3) is 5.91 Å². The molecule has 2 unspecified atom stereocenters. The molecule has 18 heavy (non-hydrogen) atoms. The zero-order chi connectivity index (χ0) is 11.1. The van der Waals surface area contributed by atoms with Crippen LogP contribution in [0, 0.1) is 18.8 Å². The first-order chi connectivity index (χ1) is 7.75. The number of carbonyl (C=O) groups excluding carboxylic acids is 1. The second-order valence-electron chi connectivity index (χ2n) is 4.74. The van der Waals surface area contributed by atoms with Gasteiger partial charge in [-0.3, -0.25) is 9.78 Å². The summed E-state index contributed by atoms with van der Waals surface area (Å²) in [4.78, 5) is 15.9. The van der Waals surface area contributed by atoms with Gasteiger partial charge in [0.2, 0.25) is 0 Å². The molecule has 2 heterocycles. The van der Waals surface area contributed by atoms with Crippen LogP contribution in [-0.2, 0) is 0 Å². The van der Waals surface area contributed by atoms with Crippen molar-refractivity contribution in [2.45, 2.75) is 13.0 Å². The standard InChI is InChI=1S/C12H15N3O.2ClH/c1-7-2-8(4-13-3-7)12(16)15-11-9-5-14-6-10(9)11;;/h2-4,9-11,14H,5-6H2,1H3,(H,15,16);2*1H. The predicted molar refractivity (Wildman–Crippen MR) is 74.6 cm³/mol. The van der Waals surface area contributed by atoms with Crippen molar-refractivity contribution in [3.63, 3.8) is 0 Å². The molecule has 0 spiro atoms. The van der Waals surface area contributed by atoms with Gasteiger partial charge >= 0.3 is 0 Å². The molecule has 1 aliphatic carbocycles. The molecule has 1 saturated heterocycles. The van der Waals surface area contributed by atoms with E-state index in [1.165, 1.54) is 0 Å². The van der Waals surface area contributed by atoms with Gasteiger partial charge in [0.05, 0.1) is 5.56 Å². The molecule has 1 aromatic heterocycles. The molecule has 3 rings (SSSR count). The first-order valence-corrected chi connectivity index (χ1v) is 5.69. The van der Waals surface area contributed by atoms with Crippen LogP contribution in [0.2, 0.25) is 0 Å². The van der Waals surface area contributed by atoms with Crippen LogP contribution < -0.4 is 10.6 Å². The van der Waals surface area contributed by atoms with E-state index in [2.05, 4.69) is 15.6 Å². The number of hydrogen-bond acceptors (Lipinski definition) is 3. The van der Waals surface area contributed by atoms with Gasteiger partial charge in [-0.15, -0.1) is 24.8 Å². The van der Waals surface area contributed by atoms with E-state index in [4.69, 9.17) is 0 Å². The molecule has 1 amide bonds. The maximum absolute atomic E-state index is 11.9. The first-order valence-electron chi connectivity index (χ1n) is 5.69. The van der Waals surface area contributed by atoms with Gasteiger partial charge in [0.1, 0.15) is 0 Å². The minimum absolute atomic E-state index is 0. The number of fused-ring (bicyclic) bond motifs is 1. The summed E-state index contributed by atoms with van der Waals surface area (Å²) < 4.78 is 0. The summed E-state index contributed by atoms with van der Waals surface area (Å²) in [7, 11) is 0. The summed E-state index contributed by atoms with van der Waals surface area (Å²) in [6, 6.07) is 2.26. The van der Waals surface area contributed by atoms with Gasteiger partial charge in [-0.2, -0.15) is 0 Å². The number of nitrogens with one attached hydrogen (secondary N) is 2. The van der Waals surface area contributed by atoms with E-state index >= 15 is 0 Å². The second-order valence-corrected chi connectivity index (χ2v) is 4.74. The fraction of sp³-hybridized carbons (Fsp3) is 0.500. The van der Waals surface area contributed by atoms with Crippen LogP contribution >= 0.6 is 24.8 Å². The fourth-order valence-electron chi connectivity index (χ4n) is 2.55. The van der Waals surface area contributed by atoms with Crippen molar-refractivity contribution in [2.75, 3.05) is 13.1 Å². The lowest BCUT2D eigenvalue weighted by atomic mass is 10.2. The van der Waals surface area contributed by atoms with Crippen LogP contribution in [0.25, 0.3) is 0 Å². The zero-order valence-corrected chi connectivity index (χ0v) is 11.7. The molecule has 0 radical (unpaired) electrons. The molecule has 2 fully saturated rings. The number of halogens is 2. The lowest BCUT2D eigenvalue weighted by Gasteiger charge is -2.07. The number of amides is 1. The highest BCUT2D eigenvalue weighted by molar-refractivity contribution is 5.94. The highest BCUT2D eigenvalue weighted by Gasteiger charge is 2.53. The van der Waals surface area contributed by atoms with E-state index in [1.54, 1.807) is 12.4 Å². The average molecular weight is 290 g/mol. The number of aryl methyl sites for hydroxylation is 1. The normalized spacial score (nSPS) is 27.5. The Bertz CT molecular complexity index is 431. The summed E-state index contributed by atoms with van der Waals surface area (Å²) in [6.07, 6.45) is 3.38. The zero-order valence-electron chi connectivity index (χ0n) is 10.1. The topological polar surface area (TPSA) is 54.0 Å². The third-order valence-electron chi connectivity index (χ3n) is 3.53. The number of nitrogens with zero attached hydrogens (tertiary/aromatic N) is 1. The lowest BCUT2D eigenvalue weighted by molar-refractivity contribution is 0.0946. The quantitative estimate of drug-likeness (QED) is 0.860. The van der Waals surface area contributed by atoms with Gasteiger partial charge < -0.3 is 10.6 Å². The van der Waals surface area contributed by atoms with Gasteiger partial charge in [-0.05, 0) is 30.4 Å². The van der Waals surface area contributed by atoms with Crippen LogP contribution in [0.5, 0.6) is 0 Å². The van der Waals surface area contributed by atoms with Crippen molar-refractivity contribution in [1.29, 1.82) is 0 Å². The Labute approximate surface area is 119 Å². The molecule has 100 valence electrons. The van der Waals surface area contributed by atoms with E-state index < -0.39 is 0 Å². The van der Waals surface area contributed by atoms with Crippen molar-refractivity contribution in [1.82, 2.24) is 15.6 Å². The summed E-state index contributed by atoms with van der Waals surface area (Å²) >= 11 is 0. The molecule has 0 aromatic carbocycles. The van der Waals surface area contributed by atoms with Crippen molar-refractivity contribution in [3.8, 4) is 0 Å². The molecule has 6 heteroatoms. The van der Waals surface area contributed by atoms with Crippen molar-refractivity contribution >= 4 is 30.7 Å². The third kappa shape index (κ3) is 2.76. The Kier molecular flexibility index (Phi) is 4.96. The Morgan fingerprint density at radius 3 is 2.61 bits per heavy atom. The highest BCUT2D eigenvalue weighted by Crippen LogP contribution is 2.41. The van der Waals surface area contributed by atoms with Gasteiger partial charge in [-0.25, -0.2) is 0 Å². The van der Waals surface area contributed by atoms with E-state index in [1.807, 2.05) is 13.0 Å². The SMILES string of the molecule is Cc1cncc(C(=O)NC2C3CNCC32)c1.Cl.Cl. The van der Waals surface area contributed by atoms with Crippen molar-refractivity contribution in [2.24, 2.45) is 11.8 Å². The minimum atomic E-state index is 0. The molecule has 4 nitrogen and oxygen atoms in total. The van der Waals surface area contributed by atoms with Gasteiger partial charge in [-0.1, -0.05) is 0 Å². The Morgan fingerprint density at radius 1 is 1.33 bits per heavy atom. The van der Waals surface area contributed by atoms with Crippen LogP contribution in [0.4, 0.5) is 0 Å². The van der Waals surface area contributed by atoms with Crippen molar-refractivity contribution < 1.29 is 4.79 Å². The Morgan fingerprint density at radius 2 is 2.00 bits per heavy atom. The number of hydrogen-bond donors (Lipinski definition) is 2. The van der Waals surface area contributed by atoms with E-state index in [9.17, 15) is 4.79 Å². The number of piperidine rings is 1.